The standard InChI is InChI=1S/C16H23ClO/c1-5-6-15(18)8-11(2)7-14-9-12(3)13(4)10-16(14)17/h9-11H,5-8H2,1-4H3. The number of hydrogen-bond acceptors (Lipinski definition) is 1. The minimum atomic E-state index is 0.364. The van der Waals surface area contributed by atoms with Crippen molar-refractivity contribution in [1.82, 2.24) is 0 Å². The van der Waals surface area contributed by atoms with Crippen LogP contribution >= 0.6 is 11.6 Å². The zero-order valence-electron chi connectivity index (χ0n) is 11.8. The Morgan fingerprint density at radius 2 is 1.89 bits per heavy atom. The van der Waals surface area contributed by atoms with E-state index in [0.29, 0.717) is 24.5 Å². The minimum absolute atomic E-state index is 0.364. The highest BCUT2D eigenvalue weighted by atomic mass is 35.5. The van der Waals surface area contributed by atoms with E-state index in [2.05, 4.69) is 26.8 Å². The first-order chi connectivity index (χ1) is 8.43. The Balaban J connectivity index is 2.67. The Bertz CT molecular complexity index is 423. The summed E-state index contributed by atoms with van der Waals surface area (Å²) < 4.78 is 0. The van der Waals surface area contributed by atoms with Gasteiger partial charge in [-0.1, -0.05) is 31.5 Å². The van der Waals surface area contributed by atoms with E-state index in [0.717, 1.165) is 23.4 Å². The normalized spacial score (nSPS) is 12.5. The van der Waals surface area contributed by atoms with Gasteiger partial charge in [0.1, 0.15) is 5.78 Å². The predicted octanol–water partition coefficient (Wildman–Crippen LogP) is 4.89. The second-order valence-corrected chi connectivity index (χ2v) is 5.74. The molecule has 1 nitrogen and oxygen atoms in total. The molecule has 0 amide bonds. The molecule has 1 aromatic rings. The maximum atomic E-state index is 11.6. The average Bonchev–Trinajstić information content (AvgIpc) is 2.26. The molecule has 0 aliphatic rings. The van der Waals surface area contributed by atoms with Crippen LogP contribution < -0.4 is 0 Å². The molecule has 0 spiro atoms. The fourth-order valence-corrected chi connectivity index (χ4v) is 2.51. The highest BCUT2D eigenvalue weighted by molar-refractivity contribution is 6.31. The fourth-order valence-electron chi connectivity index (χ4n) is 2.21. The highest BCUT2D eigenvalue weighted by Crippen LogP contribution is 2.24. The van der Waals surface area contributed by atoms with Gasteiger partial charge >= 0.3 is 0 Å². The lowest BCUT2D eigenvalue weighted by Gasteiger charge is -2.13. The maximum Gasteiger partial charge on any atom is 0.133 e. The molecule has 1 unspecified atom stereocenters. The molecule has 1 rings (SSSR count). The smallest absolute Gasteiger partial charge is 0.133 e. The Morgan fingerprint density at radius 1 is 1.28 bits per heavy atom. The molecule has 0 aliphatic heterocycles. The Kier molecular flexibility index (Phi) is 5.87. The molecule has 18 heavy (non-hydrogen) atoms. The van der Waals surface area contributed by atoms with Gasteiger partial charge < -0.3 is 0 Å². The predicted molar refractivity (Wildman–Crippen MR) is 78.3 cm³/mol. The van der Waals surface area contributed by atoms with Gasteiger partial charge in [-0.3, -0.25) is 4.79 Å². The molecule has 100 valence electrons. The SMILES string of the molecule is CCCC(=O)CC(C)Cc1cc(C)c(C)cc1Cl. The van der Waals surface area contributed by atoms with E-state index in [-0.39, 0.29) is 0 Å². The van der Waals surface area contributed by atoms with Crippen molar-refractivity contribution in [2.24, 2.45) is 5.92 Å². The monoisotopic (exact) mass is 266 g/mol. The third-order valence-corrected chi connectivity index (χ3v) is 3.69. The molecule has 1 atom stereocenters. The van der Waals surface area contributed by atoms with E-state index in [1.807, 2.05) is 13.0 Å². The largest absolute Gasteiger partial charge is 0.300 e. The van der Waals surface area contributed by atoms with Gasteiger partial charge in [0.15, 0.2) is 0 Å². The molecule has 0 fully saturated rings. The van der Waals surface area contributed by atoms with Crippen molar-refractivity contribution in [3.05, 3.63) is 33.8 Å². The molecule has 1 aromatic carbocycles. The Hall–Kier alpha value is -0.820. The van der Waals surface area contributed by atoms with Gasteiger partial charge in [-0.15, -0.1) is 0 Å². The van der Waals surface area contributed by atoms with Gasteiger partial charge in [0.2, 0.25) is 0 Å². The van der Waals surface area contributed by atoms with Crippen LogP contribution in [-0.2, 0) is 11.2 Å². The van der Waals surface area contributed by atoms with E-state index >= 15 is 0 Å². The molecular weight excluding hydrogens is 244 g/mol. The lowest BCUT2D eigenvalue weighted by atomic mass is 9.93. The zero-order chi connectivity index (χ0) is 13.7. The lowest BCUT2D eigenvalue weighted by Crippen LogP contribution is -2.08. The first kappa shape index (κ1) is 15.2. The molecule has 0 bridgehead atoms. The average molecular weight is 267 g/mol. The van der Waals surface area contributed by atoms with Gasteiger partial charge in [0, 0.05) is 17.9 Å². The quantitative estimate of drug-likeness (QED) is 0.716. The van der Waals surface area contributed by atoms with Crippen LogP contribution in [0.1, 0.15) is 49.8 Å². The van der Waals surface area contributed by atoms with E-state index in [1.54, 1.807) is 0 Å². The molecule has 0 aromatic heterocycles. The van der Waals surface area contributed by atoms with Crippen molar-refractivity contribution in [3.8, 4) is 0 Å². The summed E-state index contributed by atoms with van der Waals surface area (Å²) in [6.45, 7) is 8.34. The van der Waals surface area contributed by atoms with Gasteiger partial charge in [0.25, 0.3) is 0 Å². The molecule has 0 saturated heterocycles. The van der Waals surface area contributed by atoms with Crippen LogP contribution in [0.3, 0.4) is 0 Å². The summed E-state index contributed by atoms with van der Waals surface area (Å²) in [6, 6.07) is 4.17. The van der Waals surface area contributed by atoms with Gasteiger partial charge in [0.05, 0.1) is 0 Å². The topological polar surface area (TPSA) is 17.1 Å². The number of Topliss-reactive ketones (excluding diaryl/α,β-unsaturated/α-hetero) is 1. The third-order valence-electron chi connectivity index (χ3n) is 3.34. The number of carbonyl (C=O) groups excluding carboxylic acids is 1. The Labute approximate surface area is 116 Å². The number of aryl methyl sites for hydroxylation is 2. The molecular formula is C16H23ClO. The second-order valence-electron chi connectivity index (χ2n) is 5.33. The number of rotatable bonds is 6. The number of hydrogen-bond donors (Lipinski definition) is 0. The van der Waals surface area contributed by atoms with Crippen molar-refractivity contribution >= 4 is 17.4 Å². The summed E-state index contributed by atoms with van der Waals surface area (Å²) in [5.41, 5.74) is 3.65. The fraction of sp³-hybridized carbons (Fsp3) is 0.562. The van der Waals surface area contributed by atoms with Crippen molar-refractivity contribution in [2.75, 3.05) is 0 Å². The van der Waals surface area contributed by atoms with Crippen LogP contribution in [0.4, 0.5) is 0 Å². The van der Waals surface area contributed by atoms with E-state index in [9.17, 15) is 4.79 Å². The molecule has 0 N–H and O–H groups in total. The first-order valence-corrected chi connectivity index (χ1v) is 7.09. The molecule has 2 heteroatoms. The van der Waals surface area contributed by atoms with Crippen molar-refractivity contribution in [2.45, 2.75) is 53.4 Å². The summed E-state index contributed by atoms with van der Waals surface area (Å²) in [6.07, 6.45) is 3.19. The number of benzene rings is 1. The first-order valence-electron chi connectivity index (χ1n) is 6.71. The summed E-state index contributed by atoms with van der Waals surface area (Å²) in [4.78, 5) is 11.6. The van der Waals surface area contributed by atoms with Crippen LogP contribution in [0.25, 0.3) is 0 Å². The van der Waals surface area contributed by atoms with Crippen LogP contribution in [0.15, 0.2) is 12.1 Å². The van der Waals surface area contributed by atoms with Crippen molar-refractivity contribution < 1.29 is 4.79 Å². The summed E-state index contributed by atoms with van der Waals surface area (Å²) in [5, 5.41) is 0.827. The Morgan fingerprint density at radius 3 is 2.50 bits per heavy atom. The number of halogens is 1. The third kappa shape index (κ3) is 4.45. The van der Waals surface area contributed by atoms with Crippen LogP contribution in [0.5, 0.6) is 0 Å². The summed E-state index contributed by atoms with van der Waals surface area (Å²) >= 11 is 6.26. The zero-order valence-corrected chi connectivity index (χ0v) is 12.6. The van der Waals surface area contributed by atoms with Gasteiger partial charge in [-0.25, -0.2) is 0 Å². The summed E-state index contributed by atoms with van der Waals surface area (Å²) in [7, 11) is 0. The van der Waals surface area contributed by atoms with Crippen LogP contribution in [0.2, 0.25) is 5.02 Å². The molecule has 0 radical (unpaired) electrons. The minimum Gasteiger partial charge on any atom is -0.300 e. The lowest BCUT2D eigenvalue weighted by molar-refractivity contribution is -0.119. The number of carbonyl (C=O) groups is 1. The van der Waals surface area contributed by atoms with E-state index in [1.165, 1.54) is 11.1 Å². The van der Waals surface area contributed by atoms with Crippen molar-refractivity contribution in [3.63, 3.8) is 0 Å². The molecule has 0 saturated carbocycles. The summed E-state index contributed by atoms with van der Waals surface area (Å²) in [5.74, 6) is 0.730. The second kappa shape index (κ2) is 6.94. The van der Waals surface area contributed by atoms with Gasteiger partial charge in [-0.05, 0) is 55.4 Å². The van der Waals surface area contributed by atoms with E-state index < -0.39 is 0 Å². The molecule has 0 aliphatic carbocycles. The maximum absolute atomic E-state index is 11.6. The van der Waals surface area contributed by atoms with Crippen molar-refractivity contribution in [1.29, 1.82) is 0 Å². The molecule has 0 heterocycles. The highest BCUT2D eigenvalue weighted by Gasteiger charge is 2.12. The number of ketones is 1. The van der Waals surface area contributed by atoms with Crippen LogP contribution in [-0.4, -0.2) is 5.78 Å². The van der Waals surface area contributed by atoms with Crippen LogP contribution in [0, 0.1) is 19.8 Å². The van der Waals surface area contributed by atoms with E-state index in [4.69, 9.17) is 11.6 Å². The van der Waals surface area contributed by atoms with Gasteiger partial charge in [-0.2, -0.15) is 0 Å².